The van der Waals surface area contributed by atoms with Crippen LogP contribution in [0, 0.1) is 0 Å². The number of rotatable bonds is 3. The van der Waals surface area contributed by atoms with Crippen LogP contribution in [0.3, 0.4) is 0 Å². The quantitative estimate of drug-likeness (QED) is 0.712. The number of benzene rings is 1. The number of carbonyl (C=O) groups excluding carboxylic acids is 1. The minimum atomic E-state index is 0.117. The summed E-state index contributed by atoms with van der Waals surface area (Å²) >= 11 is 0. The van der Waals surface area contributed by atoms with Crippen molar-refractivity contribution in [3.8, 4) is 17.1 Å². The third-order valence-electron chi connectivity index (χ3n) is 5.13. The van der Waals surface area contributed by atoms with Gasteiger partial charge in [-0.1, -0.05) is 12.1 Å². The number of nitrogens with zero attached hydrogens (tertiary/aromatic N) is 5. The predicted octanol–water partition coefficient (Wildman–Crippen LogP) is 1.86. The summed E-state index contributed by atoms with van der Waals surface area (Å²) in [5.41, 5.74) is 3.17. The van der Waals surface area contributed by atoms with Crippen molar-refractivity contribution in [2.75, 3.05) is 13.2 Å². The highest BCUT2D eigenvalue weighted by Crippen LogP contribution is 2.26. The molecule has 0 saturated carbocycles. The van der Waals surface area contributed by atoms with E-state index in [1.165, 1.54) is 5.56 Å². The van der Waals surface area contributed by atoms with E-state index in [1.54, 1.807) is 12.4 Å². The molecule has 0 unspecified atom stereocenters. The van der Waals surface area contributed by atoms with Crippen molar-refractivity contribution < 1.29 is 9.53 Å². The number of carbonyl (C=O) groups is 1. The van der Waals surface area contributed by atoms with E-state index < -0.39 is 0 Å². The van der Waals surface area contributed by atoms with E-state index in [2.05, 4.69) is 25.8 Å². The first kappa shape index (κ1) is 16.0. The molecule has 0 fully saturated rings. The number of amides is 1. The molecule has 3 aromatic rings. The van der Waals surface area contributed by atoms with Crippen LogP contribution < -0.4 is 4.74 Å². The van der Waals surface area contributed by atoms with Crippen LogP contribution in [0.5, 0.6) is 5.75 Å². The van der Waals surface area contributed by atoms with E-state index >= 15 is 0 Å². The molecule has 0 bridgehead atoms. The second-order valence-corrected chi connectivity index (χ2v) is 6.87. The van der Waals surface area contributed by atoms with Gasteiger partial charge in [0, 0.05) is 37.5 Å². The smallest absolute Gasteiger partial charge is 0.227 e. The van der Waals surface area contributed by atoms with Gasteiger partial charge in [-0.2, -0.15) is 0 Å². The van der Waals surface area contributed by atoms with Gasteiger partial charge in [0.25, 0.3) is 0 Å². The summed E-state index contributed by atoms with van der Waals surface area (Å²) in [6.07, 6.45) is 4.84. The Hall–Kier alpha value is -3.22. The lowest BCUT2D eigenvalue weighted by molar-refractivity contribution is -0.132. The molecular weight excluding hydrogens is 342 g/mol. The van der Waals surface area contributed by atoms with E-state index in [9.17, 15) is 4.79 Å². The highest BCUT2D eigenvalue weighted by atomic mass is 16.5. The van der Waals surface area contributed by atoms with E-state index in [4.69, 9.17) is 4.74 Å². The summed E-state index contributed by atoms with van der Waals surface area (Å²) in [6, 6.07) is 9.90. The maximum absolute atomic E-state index is 12.8. The lowest BCUT2D eigenvalue weighted by atomic mass is 10.1. The number of aromatic nitrogens is 4. The van der Waals surface area contributed by atoms with Crippen molar-refractivity contribution in [3.63, 3.8) is 0 Å². The van der Waals surface area contributed by atoms with Gasteiger partial charge in [-0.3, -0.25) is 9.78 Å². The molecule has 136 valence electrons. The van der Waals surface area contributed by atoms with Crippen LogP contribution in [0.15, 0.2) is 42.7 Å². The average Bonchev–Trinajstić information content (AvgIpc) is 3.34. The monoisotopic (exact) mass is 361 g/mol. The topological polar surface area (TPSA) is 73.1 Å². The van der Waals surface area contributed by atoms with Crippen molar-refractivity contribution in [2.45, 2.75) is 25.9 Å². The van der Waals surface area contributed by atoms with Crippen molar-refractivity contribution >= 4 is 5.91 Å². The van der Waals surface area contributed by atoms with Crippen molar-refractivity contribution in [1.29, 1.82) is 0 Å². The maximum atomic E-state index is 12.8. The molecule has 1 amide bonds. The molecule has 0 aliphatic carbocycles. The fourth-order valence-corrected chi connectivity index (χ4v) is 3.72. The first-order valence-electron chi connectivity index (χ1n) is 9.13. The van der Waals surface area contributed by atoms with Crippen LogP contribution in [-0.2, 0) is 30.7 Å². The van der Waals surface area contributed by atoms with E-state index in [0.717, 1.165) is 41.6 Å². The average molecular weight is 361 g/mol. The predicted molar refractivity (Wildman–Crippen MR) is 98.0 cm³/mol. The minimum absolute atomic E-state index is 0.117. The summed E-state index contributed by atoms with van der Waals surface area (Å²) in [4.78, 5) is 18.8. The van der Waals surface area contributed by atoms with Crippen molar-refractivity contribution in [2.24, 2.45) is 0 Å². The lowest BCUT2D eigenvalue weighted by Crippen LogP contribution is -2.39. The van der Waals surface area contributed by atoms with Gasteiger partial charge in [0.1, 0.15) is 5.75 Å². The number of hydrogen-bond donors (Lipinski definition) is 0. The third kappa shape index (κ3) is 2.95. The number of hydrogen-bond acceptors (Lipinski definition) is 5. The fraction of sp³-hybridized carbons (Fsp3) is 0.300. The molecule has 5 rings (SSSR count). The van der Waals surface area contributed by atoms with Gasteiger partial charge in [0.05, 0.1) is 19.6 Å². The standard InChI is InChI=1S/C20H19N5O2/c26-19(11-14-3-4-17-15(10-14)5-9-27-17)24-7-8-25-18(13-24)22-23-20(25)16-2-1-6-21-12-16/h1-4,6,10,12H,5,7-9,11,13H2. The molecule has 0 atom stereocenters. The molecule has 0 spiro atoms. The summed E-state index contributed by atoms with van der Waals surface area (Å²) < 4.78 is 7.61. The first-order chi connectivity index (χ1) is 13.3. The molecule has 0 radical (unpaired) electrons. The van der Waals surface area contributed by atoms with E-state index in [-0.39, 0.29) is 5.91 Å². The molecule has 0 N–H and O–H groups in total. The SMILES string of the molecule is O=C(Cc1ccc2c(c1)CCO2)N1CCn2c(nnc2-c2cccnc2)C1. The second-order valence-electron chi connectivity index (χ2n) is 6.87. The van der Waals surface area contributed by atoms with E-state index in [0.29, 0.717) is 26.1 Å². The van der Waals surface area contributed by atoms with Gasteiger partial charge < -0.3 is 14.2 Å². The molecule has 4 heterocycles. The Bertz CT molecular complexity index is 999. The molecule has 2 aliphatic heterocycles. The zero-order valence-electron chi connectivity index (χ0n) is 14.8. The summed E-state index contributed by atoms with van der Waals surface area (Å²) in [6.45, 7) is 2.56. The summed E-state index contributed by atoms with van der Waals surface area (Å²) in [5, 5.41) is 8.60. The Kier molecular flexibility index (Phi) is 3.85. The zero-order valence-corrected chi connectivity index (χ0v) is 14.8. The Labute approximate surface area is 156 Å². The Balaban J connectivity index is 1.31. The lowest BCUT2D eigenvalue weighted by Gasteiger charge is -2.28. The van der Waals surface area contributed by atoms with Crippen LogP contribution >= 0.6 is 0 Å². The number of pyridine rings is 1. The fourth-order valence-electron chi connectivity index (χ4n) is 3.72. The van der Waals surface area contributed by atoms with Gasteiger partial charge in [-0.05, 0) is 29.3 Å². The maximum Gasteiger partial charge on any atom is 0.227 e. The molecule has 0 saturated heterocycles. The highest BCUT2D eigenvalue weighted by Gasteiger charge is 2.25. The van der Waals surface area contributed by atoms with Crippen LogP contribution in [0.2, 0.25) is 0 Å². The van der Waals surface area contributed by atoms with Crippen molar-refractivity contribution in [1.82, 2.24) is 24.6 Å². The van der Waals surface area contributed by atoms with Crippen molar-refractivity contribution in [3.05, 3.63) is 59.7 Å². The van der Waals surface area contributed by atoms with Gasteiger partial charge in [-0.15, -0.1) is 10.2 Å². The Morgan fingerprint density at radius 3 is 3.04 bits per heavy atom. The van der Waals surface area contributed by atoms with Crippen LogP contribution in [-0.4, -0.2) is 43.7 Å². The Morgan fingerprint density at radius 2 is 2.15 bits per heavy atom. The van der Waals surface area contributed by atoms with Gasteiger partial charge >= 0.3 is 0 Å². The third-order valence-corrected chi connectivity index (χ3v) is 5.13. The second kappa shape index (κ2) is 6.50. The molecule has 2 aromatic heterocycles. The molecule has 1 aromatic carbocycles. The van der Waals surface area contributed by atoms with Gasteiger partial charge in [0.2, 0.25) is 5.91 Å². The summed E-state index contributed by atoms with van der Waals surface area (Å²) in [7, 11) is 0. The number of fused-ring (bicyclic) bond motifs is 2. The number of ether oxygens (including phenoxy) is 1. The van der Waals surface area contributed by atoms with Gasteiger partial charge in [-0.25, -0.2) is 0 Å². The molecule has 27 heavy (non-hydrogen) atoms. The first-order valence-corrected chi connectivity index (χ1v) is 9.13. The molecule has 7 nitrogen and oxygen atoms in total. The minimum Gasteiger partial charge on any atom is -0.493 e. The van der Waals surface area contributed by atoms with Crippen LogP contribution in [0.1, 0.15) is 17.0 Å². The largest absolute Gasteiger partial charge is 0.493 e. The van der Waals surface area contributed by atoms with E-state index in [1.807, 2.05) is 29.2 Å². The van der Waals surface area contributed by atoms with Gasteiger partial charge in [0.15, 0.2) is 11.6 Å². The van der Waals surface area contributed by atoms with Crippen LogP contribution in [0.4, 0.5) is 0 Å². The normalized spacial score (nSPS) is 15.2. The molecule has 7 heteroatoms. The molecular formula is C20H19N5O2. The zero-order chi connectivity index (χ0) is 18.2. The highest BCUT2D eigenvalue weighted by molar-refractivity contribution is 5.79. The Morgan fingerprint density at radius 1 is 1.19 bits per heavy atom. The van der Waals surface area contributed by atoms with Crippen LogP contribution in [0.25, 0.3) is 11.4 Å². The summed E-state index contributed by atoms with van der Waals surface area (Å²) in [5.74, 6) is 2.69. The molecule has 2 aliphatic rings.